The van der Waals surface area contributed by atoms with Crippen LogP contribution < -0.4 is 20.5 Å². The fraction of sp³-hybridized carbons (Fsp3) is 0.615. The largest absolute Gasteiger partial charge is 0.378 e. The minimum Gasteiger partial charge on any atom is -0.378 e. The van der Waals surface area contributed by atoms with E-state index in [0.717, 1.165) is 57.6 Å². The highest BCUT2D eigenvalue weighted by Gasteiger charge is 2.33. The van der Waals surface area contributed by atoms with Gasteiger partial charge in [-0.25, -0.2) is 18.1 Å². The molecule has 36 heavy (non-hydrogen) atoms. The zero-order valence-corrected chi connectivity index (χ0v) is 22.4. The zero-order valence-electron chi connectivity index (χ0n) is 21.6. The Morgan fingerprint density at radius 1 is 1.14 bits per heavy atom. The highest BCUT2D eigenvalue weighted by molar-refractivity contribution is 7.88. The predicted octanol–water partition coefficient (Wildman–Crippen LogP) is 2.50. The van der Waals surface area contributed by atoms with E-state index >= 15 is 0 Å². The van der Waals surface area contributed by atoms with Crippen molar-refractivity contribution in [3.63, 3.8) is 0 Å². The van der Waals surface area contributed by atoms with Crippen LogP contribution >= 0.6 is 0 Å². The maximum Gasteiger partial charge on any atom is 0.208 e. The number of sulfonamides is 1. The molecule has 3 heterocycles. The van der Waals surface area contributed by atoms with Crippen molar-refractivity contribution in [2.75, 3.05) is 37.9 Å². The van der Waals surface area contributed by atoms with Crippen molar-refractivity contribution in [3.8, 4) is 0 Å². The number of anilines is 1. The van der Waals surface area contributed by atoms with Gasteiger partial charge in [0.2, 0.25) is 10.0 Å². The molecule has 1 aliphatic heterocycles. The van der Waals surface area contributed by atoms with Gasteiger partial charge in [-0.2, -0.15) is 0 Å². The Bertz CT molecular complexity index is 1080. The van der Waals surface area contributed by atoms with Gasteiger partial charge in [-0.3, -0.25) is 15.8 Å². The first-order valence-electron chi connectivity index (χ1n) is 12.9. The van der Waals surface area contributed by atoms with Crippen LogP contribution in [0, 0.1) is 12.8 Å². The highest BCUT2D eigenvalue weighted by Crippen LogP contribution is 2.34. The summed E-state index contributed by atoms with van der Waals surface area (Å²) >= 11 is 0. The molecule has 3 N–H and O–H groups in total. The number of pyridine rings is 2. The summed E-state index contributed by atoms with van der Waals surface area (Å²) in [5, 5.41) is 0. The van der Waals surface area contributed by atoms with Gasteiger partial charge in [-0.05, 0) is 75.4 Å². The van der Waals surface area contributed by atoms with Crippen molar-refractivity contribution in [1.82, 2.24) is 25.5 Å². The average Bonchev–Trinajstić information content (AvgIpc) is 2.87. The number of aromatic nitrogens is 2. The standard InChI is InChI=1S/C26H40N6O3S/c1-19-15-29-25(14-21(19)16-30-27-2)20-7-9-23(10-8-20)35-18-22-17-32(26-6-4-5-12-28-26)13-11-24(22)31-36(3,33)34/h4-6,12,14-15,20,22-24,27,30-31H,7-11,13,16-18H2,1-3H3/t20?,22-,23?,24-/m0/s1. The van der Waals surface area contributed by atoms with E-state index < -0.39 is 10.0 Å². The van der Waals surface area contributed by atoms with Gasteiger partial charge in [0.15, 0.2) is 0 Å². The molecule has 0 radical (unpaired) electrons. The topological polar surface area (TPSA) is 108 Å². The van der Waals surface area contributed by atoms with Crippen molar-refractivity contribution in [2.24, 2.45) is 5.92 Å². The van der Waals surface area contributed by atoms with E-state index in [4.69, 9.17) is 9.72 Å². The van der Waals surface area contributed by atoms with Gasteiger partial charge >= 0.3 is 0 Å². The third kappa shape index (κ3) is 7.45. The van der Waals surface area contributed by atoms with Gasteiger partial charge in [0.05, 0.1) is 19.0 Å². The van der Waals surface area contributed by atoms with E-state index in [9.17, 15) is 8.42 Å². The summed E-state index contributed by atoms with van der Waals surface area (Å²) in [6.45, 7) is 4.89. The molecule has 2 aromatic heterocycles. The summed E-state index contributed by atoms with van der Waals surface area (Å²) < 4.78 is 33.2. The van der Waals surface area contributed by atoms with Crippen molar-refractivity contribution >= 4 is 15.8 Å². The third-order valence-electron chi connectivity index (χ3n) is 7.40. The van der Waals surface area contributed by atoms with Gasteiger partial charge in [0.1, 0.15) is 5.82 Å². The molecule has 0 unspecified atom stereocenters. The maximum atomic E-state index is 12.0. The van der Waals surface area contributed by atoms with Crippen LogP contribution in [-0.2, 0) is 21.3 Å². The summed E-state index contributed by atoms with van der Waals surface area (Å²) in [5.74, 6) is 1.44. The molecule has 0 bridgehead atoms. The fourth-order valence-corrected chi connectivity index (χ4v) is 6.21. The normalized spacial score (nSPS) is 25.1. The molecule has 0 aromatic carbocycles. The second kappa shape index (κ2) is 12.4. The molecule has 2 fully saturated rings. The Labute approximate surface area is 215 Å². The summed E-state index contributed by atoms with van der Waals surface area (Å²) in [4.78, 5) is 11.4. The molecule has 1 aliphatic carbocycles. The van der Waals surface area contributed by atoms with Crippen LogP contribution in [0.25, 0.3) is 0 Å². The Morgan fingerprint density at radius 3 is 2.64 bits per heavy atom. The van der Waals surface area contributed by atoms with Gasteiger partial charge < -0.3 is 9.64 Å². The summed E-state index contributed by atoms with van der Waals surface area (Å²) in [6.07, 6.45) is 10.0. The molecule has 2 aliphatic rings. The van der Waals surface area contributed by atoms with Crippen LogP contribution in [0.3, 0.4) is 0 Å². The molecule has 1 saturated carbocycles. The molecule has 10 heteroatoms. The van der Waals surface area contributed by atoms with Gasteiger partial charge in [-0.15, -0.1) is 0 Å². The lowest BCUT2D eigenvalue weighted by atomic mass is 9.84. The van der Waals surface area contributed by atoms with Crippen molar-refractivity contribution in [1.29, 1.82) is 0 Å². The number of hydrogen-bond donors (Lipinski definition) is 3. The SMILES string of the molecule is CNNCc1cc(C2CCC(OC[C@@H]3CN(c4ccccn4)CC[C@@H]3NS(C)(=O)=O)CC2)ncc1C. The Kier molecular flexibility index (Phi) is 9.30. The lowest BCUT2D eigenvalue weighted by molar-refractivity contribution is -0.00232. The van der Waals surface area contributed by atoms with Gasteiger partial charge in [0.25, 0.3) is 0 Å². The quantitative estimate of drug-likeness (QED) is 0.414. The van der Waals surface area contributed by atoms with Gasteiger partial charge in [-0.1, -0.05) is 6.07 Å². The molecule has 9 nitrogen and oxygen atoms in total. The number of piperidine rings is 1. The minimum absolute atomic E-state index is 0.0641. The summed E-state index contributed by atoms with van der Waals surface area (Å²) in [6, 6.07) is 8.00. The van der Waals surface area contributed by atoms with Crippen molar-refractivity contribution < 1.29 is 13.2 Å². The number of aryl methyl sites for hydroxylation is 1. The Balaban J connectivity index is 1.33. The molecular weight excluding hydrogens is 476 g/mol. The maximum absolute atomic E-state index is 12.0. The number of ether oxygens (including phenoxy) is 1. The van der Waals surface area contributed by atoms with Crippen LogP contribution in [-0.4, -0.2) is 63.5 Å². The molecule has 0 amide bonds. The number of rotatable bonds is 10. The lowest BCUT2D eigenvalue weighted by Crippen LogP contribution is -2.52. The molecule has 2 aromatic rings. The van der Waals surface area contributed by atoms with E-state index in [2.05, 4.69) is 38.4 Å². The number of hydrazine groups is 1. The van der Waals surface area contributed by atoms with E-state index in [1.165, 1.54) is 23.1 Å². The number of nitrogens with one attached hydrogen (secondary N) is 3. The predicted molar refractivity (Wildman–Crippen MR) is 142 cm³/mol. The second-order valence-electron chi connectivity index (χ2n) is 10.1. The van der Waals surface area contributed by atoms with Gasteiger partial charge in [0, 0.05) is 55.6 Å². The number of nitrogens with zero attached hydrogens (tertiary/aromatic N) is 3. The van der Waals surface area contributed by atoms with Crippen LogP contribution in [0.5, 0.6) is 0 Å². The number of hydrogen-bond acceptors (Lipinski definition) is 8. The first kappa shape index (κ1) is 26.9. The van der Waals surface area contributed by atoms with Crippen LogP contribution in [0.4, 0.5) is 5.82 Å². The molecule has 2 atom stereocenters. The smallest absolute Gasteiger partial charge is 0.208 e. The molecule has 4 rings (SSSR count). The second-order valence-corrected chi connectivity index (χ2v) is 11.9. The Hall–Kier alpha value is -2.11. The zero-order chi connectivity index (χ0) is 25.5. The Morgan fingerprint density at radius 2 is 1.94 bits per heavy atom. The van der Waals surface area contributed by atoms with E-state index in [1.807, 2.05) is 31.4 Å². The first-order valence-corrected chi connectivity index (χ1v) is 14.8. The van der Waals surface area contributed by atoms with Crippen LogP contribution in [0.2, 0.25) is 0 Å². The lowest BCUT2D eigenvalue weighted by Gasteiger charge is -2.40. The average molecular weight is 517 g/mol. The summed E-state index contributed by atoms with van der Waals surface area (Å²) in [7, 11) is -1.41. The van der Waals surface area contributed by atoms with Crippen LogP contribution in [0.1, 0.15) is 54.8 Å². The van der Waals surface area contributed by atoms with Crippen molar-refractivity contribution in [2.45, 2.75) is 63.6 Å². The molecular formula is C26H40N6O3S. The molecule has 1 saturated heterocycles. The molecule has 0 spiro atoms. The van der Waals surface area contributed by atoms with E-state index in [-0.39, 0.29) is 18.1 Å². The fourth-order valence-electron chi connectivity index (χ4n) is 5.35. The van der Waals surface area contributed by atoms with Crippen molar-refractivity contribution in [3.05, 3.63) is 53.5 Å². The van der Waals surface area contributed by atoms with Crippen LogP contribution in [0.15, 0.2) is 36.7 Å². The summed E-state index contributed by atoms with van der Waals surface area (Å²) in [5.41, 5.74) is 9.80. The third-order valence-corrected chi connectivity index (χ3v) is 8.13. The van der Waals surface area contributed by atoms with E-state index in [0.29, 0.717) is 12.5 Å². The highest BCUT2D eigenvalue weighted by atomic mass is 32.2. The van der Waals surface area contributed by atoms with E-state index in [1.54, 1.807) is 6.20 Å². The first-order chi connectivity index (χ1) is 17.3. The minimum atomic E-state index is -3.29. The monoisotopic (exact) mass is 516 g/mol. The molecule has 198 valence electrons.